The van der Waals surface area contributed by atoms with Crippen LogP contribution in [0, 0.1) is 10.1 Å². The molecule has 0 bridgehead atoms. The lowest BCUT2D eigenvalue weighted by Gasteiger charge is -2.34. The molecule has 0 amide bonds. The molecule has 0 saturated carbocycles. The largest absolute Gasteiger partial charge is 0.369 e. The van der Waals surface area contributed by atoms with Gasteiger partial charge in [-0.3, -0.25) is 14.8 Å². The van der Waals surface area contributed by atoms with Crippen LogP contribution in [0.15, 0.2) is 24.4 Å². The number of hydrogen-bond donors (Lipinski definition) is 0. The van der Waals surface area contributed by atoms with E-state index in [0.29, 0.717) is 21.7 Å². The number of benzene rings is 1. The van der Waals surface area contributed by atoms with Gasteiger partial charge in [-0.1, -0.05) is 23.2 Å². The predicted molar refractivity (Wildman–Crippen MR) is 90.5 cm³/mol. The van der Waals surface area contributed by atoms with Crippen molar-refractivity contribution in [2.75, 3.05) is 18.0 Å². The number of aromatic nitrogens is 2. The Morgan fingerprint density at radius 3 is 2.35 bits per heavy atom. The number of piperidine rings is 1. The fraction of sp³-hybridized carbons (Fsp3) is 0.400. The fourth-order valence-electron chi connectivity index (χ4n) is 3.14. The number of hydrogen-bond acceptors (Lipinski definition) is 4. The molecule has 0 spiro atoms. The van der Waals surface area contributed by atoms with Gasteiger partial charge < -0.3 is 4.90 Å². The van der Waals surface area contributed by atoms with Crippen molar-refractivity contribution in [3.63, 3.8) is 0 Å². The van der Waals surface area contributed by atoms with E-state index in [2.05, 4.69) is 10.00 Å². The molecule has 0 radical (unpaired) electrons. The van der Waals surface area contributed by atoms with Crippen molar-refractivity contribution < 1.29 is 4.92 Å². The number of aryl methyl sites for hydroxylation is 1. The van der Waals surface area contributed by atoms with E-state index in [0.717, 1.165) is 25.9 Å². The lowest BCUT2D eigenvalue weighted by atomic mass is 9.93. The first-order valence-corrected chi connectivity index (χ1v) is 8.09. The summed E-state index contributed by atoms with van der Waals surface area (Å²) < 4.78 is 1.91. The molecular formula is C15H16Cl2N4O2. The van der Waals surface area contributed by atoms with Crippen molar-refractivity contribution >= 4 is 34.6 Å². The first-order valence-electron chi connectivity index (χ1n) is 7.33. The zero-order valence-corrected chi connectivity index (χ0v) is 14.1. The number of rotatable bonds is 3. The molecule has 0 atom stereocenters. The Labute approximate surface area is 143 Å². The second-order valence-electron chi connectivity index (χ2n) is 5.66. The maximum Gasteiger partial charge on any atom is 0.272 e. The highest BCUT2D eigenvalue weighted by Crippen LogP contribution is 2.40. The predicted octanol–water partition coefficient (Wildman–Crippen LogP) is 4.02. The third-order valence-electron chi connectivity index (χ3n) is 4.30. The van der Waals surface area contributed by atoms with Crippen LogP contribution < -0.4 is 4.90 Å². The lowest BCUT2D eigenvalue weighted by molar-refractivity contribution is -0.384. The molecule has 6 nitrogen and oxygen atoms in total. The summed E-state index contributed by atoms with van der Waals surface area (Å²) in [5.41, 5.74) is 1.82. The van der Waals surface area contributed by atoms with Gasteiger partial charge in [0, 0.05) is 50.1 Å². The maximum atomic E-state index is 10.9. The van der Waals surface area contributed by atoms with Gasteiger partial charge in [-0.15, -0.1) is 0 Å². The van der Waals surface area contributed by atoms with Crippen LogP contribution >= 0.6 is 23.2 Å². The van der Waals surface area contributed by atoms with Gasteiger partial charge in [-0.2, -0.15) is 5.10 Å². The summed E-state index contributed by atoms with van der Waals surface area (Å²) in [6, 6.07) is 4.76. The molecular weight excluding hydrogens is 339 g/mol. The van der Waals surface area contributed by atoms with Crippen LogP contribution in [-0.4, -0.2) is 27.8 Å². The number of halogens is 2. The highest BCUT2D eigenvalue weighted by Gasteiger charge is 2.26. The maximum absolute atomic E-state index is 10.9. The number of nitrogens with zero attached hydrogens (tertiary/aromatic N) is 4. The van der Waals surface area contributed by atoms with Crippen LogP contribution in [0.25, 0.3) is 0 Å². The summed E-state index contributed by atoms with van der Waals surface area (Å²) in [4.78, 5) is 12.5. The quantitative estimate of drug-likeness (QED) is 0.616. The van der Waals surface area contributed by atoms with Crippen molar-refractivity contribution in [2.45, 2.75) is 18.8 Å². The van der Waals surface area contributed by atoms with Gasteiger partial charge in [0.05, 0.1) is 20.7 Å². The fourth-order valence-corrected chi connectivity index (χ4v) is 3.86. The Morgan fingerprint density at radius 2 is 1.87 bits per heavy atom. The minimum absolute atomic E-state index is 0.0893. The summed E-state index contributed by atoms with van der Waals surface area (Å²) in [6.45, 7) is 1.60. The Morgan fingerprint density at radius 1 is 1.26 bits per heavy atom. The Hall–Kier alpha value is -1.79. The van der Waals surface area contributed by atoms with Crippen LogP contribution in [0.5, 0.6) is 0 Å². The van der Waals surface area contributed by atoms with E-state index >= 15 is 0 Å². The minimum atomic E-state index is -0.490. The first-order chi connectivity index (χ1) is 11.0. The van der Waals surface area contributed by atoms with Gasteiger partial charge in [0.2, 0.25) is 0 Å². The molecule has 23 heavy (non-hydrogen) atoms. The van der Waals surface area contributed by atoms with Crippen molar-refractivity contribution in [1.29, 1.82) is 0 Å². The second kappa shape index (κ2) is 6.37. The zero-order chi connectivity index (χ0) is 16.6. The smallest absolute Gasteiger partial charge is 0.272 e. The van der Waals surface area contributed by atoms with E-state index in [9.17, 15) is 10.1 Å². The van der Waals surface area contributed by atoms with Crippen molar-refractivity contribution in [2.24, 2.45) is 7.05 Å². The molecule has 0 unspecified atom stereocenters. The number of nitro benzene ring substituents is 1. The minimum Gasteiger partial charge on any atom is -0.369 e. The van der Waals surface area contributed by atoms with Crippen LogP contribution in [0.3, 0.4) is 0 Å². The van der Waals surface area contributed by atoms with Gasteiger partial charge in [0.1, 0.15) is 0 Å². The van der Waals surface area contributed by atoms with Crippen LogP contribution in [-0.2, 0) is 7.05 Å². The van der Waals surface area contributed by atoms with Gasteiger partial charge >= 0.3 is 0 Å². The number of anilines is 1. The highest BCUT2D eigenvalue weighted by molar-refractivity contribution is 6.39. The first kappa shape index (κ1) is 16.1. The molecule has 8 heteroatoms. The summed E-state index contributed by atoms with van der Waals surface area (Å²) >= 11 is 12.5. The molecule has 0 N–H and O–H groups in total. The van der Waals surface area contributed by atoms with E-state index in [-0.39, 0.29) is 5.69 Å². The SMILES string of the molecule is Cn1nccc1C1CCN(c2c(Cl)cc([N+](=O)[O-])cc2Cl)CC1. The molecule has 1 aromatic carbocycles. The summed E-state index contributed by atoms with van der Waals surface area (Å²) in [5, 5.41) is 15.7. The topological polar surface area (TPSA) is 64.2 Å². The van der Waals surface area contributed by atoms with Gasteiger partial charge in [0.25, 0.3) is 5.69 Å². The van der Waals surface area contributed by atoms with Gasteiger partial charge in [-0.05, 0) is 18.9 Å². The highest BCUT2D eigenvalue weighted by atomic mass is 35.5. The van der Waals surface area contributed by atoms with E-state index < -0.39 is 4.92 Å². The molecule has 3 rings (SSSR count). The summed E-state index contributed by atoms with van der Waals surface area (Å²) in [5.74, 6) is 0.453. The molecule has 1 aliphatic rings. The average molecular weight is 355 g/mol. The molecule has 1 aliphatic heterocycles. The van der Waals surface area contributed by atoms with Crippen molar-refractivity contribution in [1.82, 2.24) is 9.78 Å². The summed E-state index contributed by atoms with van der Waals surface area (Å²) in [7, 11) is 1.95. The molecule has 2 heterocycles. The molecule has 122 valence electrons. The van der Waals surface area contributed by atoms with Crippen LogP contribution in [0.2, 0.25) is 10.0 Å². The average Bonchev–Trinajstić information content (AvgIpc) is 2.93. The van der Waals surface area contributed by atoms with E-state index in [1.807, 2.05) is 24.0 Å². The number of nitro groups is 1. The normalized spacial score (nSPS) is 15.9. The summed E-state index contributed by atoms with van der Waals surface area (Å²) in [6.07, 6.45) is 3.73. The van der Waals surface area contributed by atoms with Crippen LogP contribution in [0.1, 0.15) is 24.5 Å². The Bertz CT molecular complexity index is 716. The third-order valence-corrected chi connectivity index (χ3v) is 4.88. The van der Waals surface area contributed by atoms with Gasteiger partial charge in [-0.25, -0.2) is 0 Å². The second-order valence-corrected chi connectivity index (χ2v) is 6.47. The van der Waals surface area contributed by atoms with Crippen LogP contribution in [0.4, 0.5) is 11.4 Å². The number of non-ortho nitro benzene ring substituents is 1. The standard InChI is InChI=1S/C15H16Cl2N4O2/c1-19-14(2-5-18-19)10-3-6-20(7-4-10)15-12(16)8-11(21(22)23)9-13(15)17/h2,5,8-10H,3-4,6-7H2,1H3. The van der Waals surface area contributed by atoms with Crippen molar-refractivity contribution in [3.05, 3.63) is 50.2 Å². The molecule has 1 saturated heterocycles. The van der Waals surface area contributed by atoms with E-state index in [1.165, 1.54) is 17.8 Å². The molecule has 0 aliphatic carbocycles. The van der Waals surface area contributed by atoms with Gasteiger partial charge in [0.15, 0.2) is 0 Å². The Balaban J connectivity index is 1.78. The molecule has 1 fully saturated rings. The third kappa shape index (κ3) is 3.14. The van der Waals surface area contributed by atoms with Crippen molar-refractivity contribution in [3.8, 4) is 0 Å². The monoisotopic (exact) mass is 354 g/mol. The van der Waals surface area contributed by atoms with E-state index in [4.69, 9.17) is 23.2 Å². The van der Waals surface area contributed by atoms with E-state index in [1.54, 1.807) is 0 Å². The lowest BCUT2D eigenvalue weighted by Crippen LogP contribution is -2.33. The Kier molecular flexibility index (Phi) is 4.46. The molecule has 2 aromatic rings. The zero-order valence-electron chi connectivity index (χ0n) is 12.6. The molecule has 1 aromatic heterocycles.